The second kappa shape index (κ2) is 8.52. The second-order valence-corrected chi connectivity index (χ2v) is 4.66. The lowest BCUT2D eigenvalue weighted by molar-refractivity contribution is -0.117. The number of rotatable bonds is 8. The Hall–Kier alpha value is -1.63. The number of ether oxygens (including phenoxy) is 2. The molecule has 6 nitrogen and oxygen atoms in total. The van der Waals surface area contributed by atoms with Gasteiger partial charge in [0, 0.05) is 19.7 Å². The van der Waals surface area contributed by atoms with E-state index in [0.717, 1.165) is 0 Å². The first-order valence-electron chi connectivity index (χ1n) is 6.42. The summed E-state index contributed by atoms with van der Waals surface area (Å²) in [6.07, 6.45) is 0. The Labute approximate surface area is 119 Å². The predicted octanol–water partition coefficient (Wildman–Crippen LogP) is 0.539. The Balaban J connectivity index is 2.47. The van der Waals surface area contributed by atoms with E-state index >= 15 is 0 Å². The van der Waals surface area contributed by atoms with Crippen LogP contribution in [-0.2, 0) is 9.53 Å². The number of nitrogens with one attached hydrogen (secondary N) is 1. The number of hydrogen-bond donors (Lipinski definition) is 2. The third-order valence-electron chi connectivity index (χ3n) is 2.72. The van der Waals surface area contributed by atoms with Gasteiger partial charge in [-0.1, -0.05) is 12.1 Å². The topological polar surface area (TPSA) is 76.8 Å². The van der Waals surface area contributed by atoms with Crippen molar-refractivity contribution < 1.29 is 14.3 Å². The summed E-state index contributed by atoms with van der Waals surface area (Å²) in [6, 6.07) is 7.19. The molecule has 1 aromatic carbocycles. The molecule has 0 aliphatic rings. The van der Waals surface area contributed by atoms with Crippen molar-refractivity contribution in [3.05, 3.63) is 24.3 Å². The Kier molecular flexibility index (Phi) is 7.00. The molecule has 1 aromatic rings. The van der Waals surface area contributed by atoms with E-state index in [4.69, 9.17) is 15.2 Å². The molecule has 0 spiro atoms. The summed E-state index contributed by atoms with van der Waals surface area (Å²) in [4.78, 5) is 13.8. The van der Waals surface area contributed by atoms with Crippen molar-refractivity contribution in [2.24, 2.45) is 5.73 Å². The largest absolute Gasteiger partial charge is 0.495 e. The van der Waals surface area contributed by atoms with Crippen molar-refractivity contribution in [2.45, 2.75) is 6.04 Å². The molecule has 112 valence electrons. The van der Waals surface area contributed by atoms with Gasteiger partial charge in [-0.3, -0.25) is 9.69 Å². The van der Waals surface area contributed by atoms with E-state index in [1.54, 1.807) is 26.4 Å². The van der Waals surface area contributed by atoms with Crippen molar-refractivity contribution in [2.75, 3.05) is 46.3 Å². The number of nitrogens with two attached hydrogens (primary N) is 1. The van der Waals surface area contributed by atoms with Crippen molar-refractivity contribution in [1.82, 2.24) is 4.90 Å². The average Bonchev–Trinajstić information content (AvgIpc) is 2.39. The van der Waals surface area contributed by atoms with Gasteiger partial charge < -0.3 is 20.5 Å². The fourth-order valence-corrected chi connectivity index (χ4v) is 1.91. The maximum Gasteiger partial charge on any atom is 0.238 e. The van der Waals surface area contributed by atoms with Crippen LogP contribution in [0, 0.1) is 0 Å². The van der Waals surface area contributed by atoms with Gasteiger partial charge >= 0.3 is 0 Å². The van der Waals surface area contributed by atoms with Gasteiger partial charge in [-0.05, 0) is 19.2 Å². The smallest absolute Gasteiger partial charge is 0.238 e. The number of hydrogen-bond acceptors (Lipinski definition) is 5. The van der Waals surface area contributed by atoms with Crippen LogP contribution in [0.5, 0.6) is 5.75 Å². The number of carbonyl (C=O) groups excluding carboxylic acids is 1. The van der Waals surface area contributed by atoms with Gasteiger partial charge in [0.05, 0.1) is 25.9 Å². The SMILES string of the molecule is COCC(N)CN(C)CC(=O)Nc1ccccc1OC. The molecule has 0 radical (unpaired) electrons. The molecule has 0 aliphatic heterocycles. The number of amides is 1. The first-order valence-corrected chi connectivity index (χ1v) is 6.42. The van der Waals surface area contributed by atoms with E-state index in [1.807, 2.05) is 24.1 Å². The average molecular weight is 281 g/mol. The standard InChI is InChI=1S/C14H23N3O3/c1-17(8-11(15)10-19-2)9-14(18)16-12-6-4-5-7-13(12)20-3/h4-7,11H,8-10,15H2,1-3H3,(H,16,18). The fourth-order valence-electron chi connectivity index (χ4n) is 1.91. The molecular formula is C14H23N3O3. The third kappa shape index (κ3) is 5.56. The molecule has 1 atom stereocenters. The minimum Gasteiger partial charge on any atom is -0.495 e. The number of likely N-dealkylation sites (N-methyl/N-ethyl adjacent to an activating group) is 1. The van der Waals surface area contributed by atoms with Crippen LogP contribution < -0.4 is 15.8 Å². The van der Waals surface area contributed by atoms with E-state index in [-0.39, 0.29) is 18.5 Å². The number of anilines is 1. The molecule has 3 N–H and O–H groups in total. The Morgan fingerprint density at radius 1 is 1.40 bits per heavy atom. The highest BCUT2D eigenvalue weighted by Gasteiger charge is 2.12. The Bertz CT molecular complexity index is 426. The van der Waals surface area contributed by atoms with Crippen molar-refractivity contribution >= 4 is 11.6 Å². The number of para-hydroxylation sites is 2. The van der Waals surface area contributed by atoms with E-state index in [0.29, 0.717) is 24.6 Å². The predicted molar refractivity (Wildman–Crippen MR) is 79.0 cm³/mol. The molecule has 0 bridgehead atoms. The van der Waals surface area contributed by atoms with Crippen LogP contribution in [0.3, 0.4) is 0 Å². The maximum atomic E-state index is 11.9. The van der Waals surface area contributed by atoms with E-state index < -0.39 is 0 Å². The van der Waals surface area contributed by atoms with Crippen molar-refractivity contribution in [3.8, 4) is 5.75 Å². The molecular weight excluding hydrogens is 258 g/mol. The third-order valence-corrected chi connectivity index (χ3v) is 2.72. The van der Waals surface area contributed by atoms with Crippen molar-refractivity contribution in [1.29, 1.82) is 0 Å². The normalized spacial score (nSPS) is 12.2. The monoisotopic (exact) mass is 281 g/mol. The summed E-state index contributed by atoms with van der Waals surface area (Å²) in [7, 11) is 5.02. The summed E-state index contributed by atoms with van der Waals surface area (Å²) < 4.78 is 10.1. The summed E-state index contributed by atoms with van der Waals surface area (Å²) in [5, 5.41) is 2.82. The fraction of sp³-hybridized carbons (Fsp3) is 0.500. The molecule has 1 amide bonds. The molecule has 0 saturated heterocycles. The van der Waals surface area contributed by atoms with Crippen LogP contribution in [0.2, 0.25) is 0 Å². The van der Waals surface area contributed by atoms with E-state index in [1.165, 1.54) is 0 Å². The van der Waals surface area contributed by atoms with E-state index in [9.17, 15) is 4.79 Å². The molecule has 6 heteroatoms. The summed E-state index contributed by atoms with van der Waals surface area (Å²) >= 11 is 0. The highest BCUT2D eigenvalue weighted by Crippen LogP contribution is 2.22. The first-order chi connectivity index (χ1) is 9.56. The van der Waals surface area contributed by atoms with Gasteiger partial charge in [0.1, 0.15) is 5.75 Å². The zero-order chi connectivity index (χ0) is 15.0. The highest BCUT2D eigenvalue weighted by molar-refractivity contribution is 5.93. The minimum absolute atomic E-state index is 0.107. The molecule has 0 heterocycles. The molecule has 1 rings (SSSR count). The molecule has 0 aliphatic carbocycles. The molecule has 20 heavy (non-hydrogen) atoms. The van der Waals surface area contributed by atoms with E-state index in [2.05, 4.69) is 5.32 Å². The van der Waals surface area contributed by atoms with Gasteiger partial charge in [-0.2, -0.15) is 0 Å². The number of carbonyl (C=O) groups is 1. The van der Waals surface area contributed by atoms with Gasteiger partial charge in [0.15, 0.2) is 0 Å². The lowest BCUT2D eigenvalue weighted by Gasteiger charge is -2.20. The number of nitrogens with zero attached hydrogens (tertiary/aromatic N) is 1. The van der Waals surface area contributed by atoms with Gasteiger partial charge in [0.2, 0.25) is 5.91 Å². The lowest BCUT2D eigenvalue weighted by Crippen LogP contribution is -2.41. The van der Waals surface area contributed by atoms with Crippen LogP contribution in [0.15, 0.2) is 24.3 Å². The zero-order valence-electron chi connectivity index (χ0n) is 12.3. The Morgan fingerprint density at radius 2 is 2.10 bits per heavy atom. The van der Waals surface area contributed by atoms with Crippen LogP contribution >= 0.6 is 0 Å². The van der Waals surface area contributed by atoms with Crippen LogP contribution in [0.4, 0.5) is 5.69 Å². The highest BCUT2D eigenvalue weighted by atomic mass is 16.5. The number of methoxy groups -OCH3 is 2. The zero-order valence-corrected chi connectivity index (χ0v) is 12.3. The molecule has 0 fully saturated rings. The number of benzene rings is 1. The maximum absolute atomic E-state index is 11.9. The van der Waals surface area contributed by atoms with Gasteiger partial charge in [-0.25, -0.2) is 0 Å². The van der Waals surface area contributed by atoms with Gasteiger partial charge in [0.25, 0.3) is 0 Å². The summed E-state index contributed by atoms with van der Waals surface area (Å²) in [5.41, 5.74) is 6.50. The summed E-state index contributed by atoms with van der Waals surface area (Å²) in [6.45, 7) is 1.32. The molecule has 1 unspecified atom stereocenters. The van der Waals surface area contributed by atoms with Crippen LogP contribution in [0.25, 0.3) is 0 Å². The first kappa shape index (κ1) is 16.4. The molecule has 0 aromatic heterocycles. The lowest BCUT2D eigenvalue weighted by atomic mass is 10.3. The van der Waals surface area contributed by atoms with Crippen LogP contribution in [-0.4, -0.2) is 57.8 Å². The quantitative estimate of drug-likeness (QED) is 0.727. The Morgan fingerprint density at radius 3 is 2.75 bits per heavy atom. The second-order valence-electron chi connectivity index (χ2n) is 4.66. The van der Waals surface area contributed by atoms with Crippen LogP contribution in [0.1, 0.15) is 0 Å². The summed E-state index contributed by atoms with van der Waals surface area (Å²) in [5.74, 6) is 0.529. The van der Waals surface area contributed by atoms with Crippen molar-refractivity contribution in [3.63, 3.8) is 0 Å². The van der Waals surface area contributed by atoms with Gasteiger partial charge in [-0.15, -0.1) is 0 Å². The molecule has 0 saturated carbocycles. The minimum atomic E-state index is -0.110.